The summed E-state index contributed by atoms with van der Waals surface area (Å²) in [5, 5.41) is 11.5. The Balaban J connectivity index is 2.44. The molecule has 2 nitrogen and oxygen atoms in total. The molecule has 0 aliphatic rings. The van der Waals surface area contributed by atoms with E-state index in [-0.39, 0.29) is 5.92 Å². The van der Waals surface area contributed by atoms with E-state index >= 15 is 0 Å². The lowest BCUT2D eigenvalue weighted by atomic mass is 9.76. The van der Waals surface area contributed by atoms with Gasteiger partial charge in [0, 0.05) is 12.5 Å². The van der Waals surface area contributed by atoms with Gasteiger partial charge in [0.2, 0.25) is 0 Å². The highest BCUT2D eigenvalue weighted by atomic mass is 16.3. The summed E-state index contributed by atoms with van der Waals surface area (Å²) >= 11 is 0. The molecule has 1 atom stereocenters. The summed E-state index contributed by atoms with van der Waals surface area (Å²) in [6, 6.07) is 19.9. The maximum Gasteiger partial charge on any atom is 0.118 e. The second-order valence-corrected chi connectivity index (χ2v) is 5.75. The molecule has 2 rings (SSSR count). The Kier molecular flexibility index (Phi) is 5.16. The molecule has 0 heterocycles. The molecule has 2 heteroatoms. The molecule has 0 saturated carbocycles. The normalized spacial score (nSPS) is 13.4. The van der Waals surface area contributed by atoms with Crippen molar-refractivity contribution in [3.8, 4) is 0 Å². The van der Waals surface area contributed by atoms with Gasteiger partial charge in [-0.2, -0.15) is 0 Å². The van der Waals surface area contributed by atoms with Gasteiger partial charge >= 0.3 is 0 Å². The van der Waals surface area contributed by atoms with Crippen molar-refractivity contribution in [2.75, 3.05) is 20.1 Å². The predicted molar refractivity (Wildman–Crippen MR) is 88.2 cm³/mol. The van der Waals surface area contributed by atoms with Crippen molar-refractivity contribution in [1.29, 1.82) is 0 Å². The lowest BCUT2D eigenvalue weighted by Gasteiger charge is -2.37. The molecule has 2 aromatic carbocycles. The first-order chi connectivity index (χ1) is 10.1. The van der Waals surface area contributed by atoms with E-state index in [2.05, 4.69) is 25.8 Å². The molecule has 0 bridgehead atoms. The number of hydrogen-bond donors (Lipinski definition) is 1. The Morgan fingerprint density at radius 2 is 1.38 bits per heavy atom. The van der Waals surface area contributed by atoms with E-state index in [0.717, 1.165) is 24.2 Å². The van der Waals surface area contributed by atoms with Gasteiger partial charge in [-0.25, -0.2) is 0 Å². The van der Waals surface area contributed by atoms with E-state index in [1.54, 1.807) is 0 Å². The first-order valence-corrected chi connectivity index (χ1v) is 7.61. The van der Waals surface area contributed by atoms with Crippen molar-refractivity contribution in [3.63, 3.8) is 0 Å². The lowest BCUT2D eigenvalue weighted by Crippen LogP contribution is -2.41. The Bertz CT molecular complexity index is 499. The standard InChI is InChI=1S/C19H25NO/c1-4-20(3)15-16(2)19(21,17-11-7-5-8-12-17)18-13-9-6-10-14-18/h5-14,16,21H,4,15H2,1-3H3. The molecule has 112 valence electrons. The number of aliphatic hydroxyl groups is 1. The van der Waals surface area contributed by atoms with Gasteiger partial charge in [0.25, 0.3) is 0 Å². The minimum absolute atomic E-state index is 0.0900. The van der Waals surface area contributed by atoms with Crippen molar-refractivity contribution in [3.05, 3.63) is 71.8 Å². The van der Waals surface area contributed by atoms with Gasteiger partial charge in [0.15, 0.2) is 0 Å². The van der Waals surface area contributed by atoms with Gasteiger partial charge in [0.05, 0.1) is 0 Å². The molecule has 21 heavy (non-hydrogen) atoms. The summed E-state index contributed by atoms with van der Waals surface area (Å²) in [5.74, 6) is 0.0900. The van der Waals surface area contributed by atoms with Crippen LogP contribution in [-0.2, 0) is 5.60 Å². The largest absolute Gasteiger partial charge is 0.380 e. The van der Waals surface area contributed by atoms with Crippen LogP contribution in [-0.4, -0.2) is 30.1 Å². The summed E-state index contributed by atoms with van der Waals surface area (Å²) in [6.07, 6.45) is 0. The van der Waals surface area contributed by atoms with Crippen molar-refractivity contribution in [2.45, 2.75) is 19.4 Å². The zero-order valence-corrected chi connectivity index (χ0v) is 13.2. The van der Waals surface area contributed by atoms with Crippen LogP contribution in [0.1, 0.15) is 25.0 Å². The third kappa shape index (κ3) is 3.34. The Morgan fingerprint density at radius 1 is 0.952 bits per heavy atom. The average Bonchev–Trinajstić information content (AvgIpc) is 2.55. The van der Waals surface area contributed by atoms with Crippen molar-refractivity contribution >= 4 is 0 Å². The second kappa shape index (κ2) is 6.88. The van der Waals surface area contributed by atoms with Crippen molar-refractivity contribution in [2.24, 2.45) is 5.92 Å². The van der Waals surface area contributed by atoms with E-state index in [1.807, 2.05) is 60.7 Å². The number of rotatable bonds is 6. The van der Waals surface area contributed by atoms with Crippen LogP contribution < -0.4 is 0 Å². The third-order valence-electron chi connectivity index (χ3n) is 4.27. The minimum atomic E-state index is -0.966. The quantitative estimate of drug-likeness (QED) is 0.877. The van der Waals surface area contributed by atoms with Gasteiger partial charge in [0.1, 0.15) is 5.60 Å². The second-order valence-electron chi connectivity index (χ2n) is 5.75. The van der Waals surface area contributed by atoms with E-state index in [9.17, 15) is 5.11 Å². The molecule has 0 aliphatic heterocycles. The van der Waals surface area contributed by atoms with Crippen molar-refractivity contribution in [1.82, 2.24) is 4.90 Å². The van der Waals surface area contributed by atoms with Gasteiger partial charge in [-0.15, -0.1) is 0 Å². The van der Waals surface area contributed by atoms with Crippen LogP contribution in [0.25, 0.3) is 0 Å². The topological polar surface area (TPSA) is 23.5 Å². The highest BCUT2D eigenvalue weighted by molar-refractivity contribution is 5.36. The zero-order chi connectivity index (χ0) is 15.3. The maximum atomic E-state index is 11.5. The molecular formula is C19H25NO. The van der Waals surface area contributed by atoms with E-state index < -0.39 is 5.60 Å². The fraction of sp³-hybridized carbons (Fsp3) is 0.368. The molecule has 0 fully saturated rings. The monoisotopic (exact) mass is 283 g/mol. The van der Waals surface area contributed by atoms with Gasteiger partial charge in [-0.1, -0.05) is 74.5 Å². The highest BCUT2D eigenvalue weighted by Crippen LogP contribution is 2.36. The molecular weight excluding hydrogens is 258 g/mol. The summed E-state index contributed by atoms with van der Waals surface area (Å²) in [6.45, 7) is 6.07. The average molecular weight is 283 g/mol. The first kappa shape index (κ1) is 15.7. The third-order valence-corrected chi connectivity index (χ3v) is 4.27. The van der Waals surface area contributed by atoms with Gasteiger partial charge < -0.3 is 10.0 Å². The van der Waals surface area contributed by atoms with E-state index in [0.29, 0.717) is 0 Å². The zero-order valence-electron chi connectivity index (χ0n) is 13.2. The van der Waals surface area contributed by atoms with E-state index in [4.69, 9.17) is 0 Å². The Hall–Kier alpha value is -1.64. The van der Waals surface area contributed by atoms with Crippen LogP contribution in [0, 0.1) is 5.92 Å². The molecule has 0 aliphatic carbocycles. The van der Waals surface area contributed by atoms with Crippen LogP contribution in [0.4, 0.5) is 0 Å². The molecule has 1 unspecified atom stereocenters. The van der Waals surface area contributed by atoms with Crippen molar-refractivity contribution < 1.29 is 5.11 Å². The smallest absolute Gasteiger partial charge is 0.118 e. The fourth-order valence-corrected chi connectivity index (χ4v) is 2.85. The molecule has 2 aromatic rings. The Labute approximate surface area is 128 Å². The predicted octanol–water partition coefficient (Wildman–Crippen LogP) is 3.51. The molecule has 0 aromatic heterocycles. The Morgan fingerprint density at radius 3 is 1.76 bits per heavy atom. The van der Waals surface area contributed by atoms with Crippen LogP contribution >= 0.6 is 0 Å². The number of benzene rings is 2. The minimum Gasteiger partial charge on any atom is -0.380 e. The van der Waals surface area contributed by atoms with Gasteiger partial charge in [-0.3, -0.25) is 0 Å². The number of hydrogen-bond acceptors (Lipinski definition) is 2. The van der Waals surface area contributed by atoms with Crippen LogP contribution in [0.5, 0.6) is 0 Å². The summed E-state index contributed by atoms with van der Waals surface area (Å²) < 4.78 is 0. The van der Waals surface area contributed by atoms with Crippen LogP contribution in [0.2, 0.25) is 0 Å². The fourth-order valence-electron chi connectivity index (χ4n) is 2.85. The highest BCUT2D eigenvalue weighted by Gasteiger charge is 2.37. The summed E-state index contributed by atoms with van der Waals surface area (Å²) in [5.41, 5.74) is 0.938. The number of nitrogens with zero attached hydrogens (tertiary/aromatic N) is 1. The van der Waals surface area contributed by atoms with E-state index in [1.165, 1.54) is 0 Å². The summed E-state index contributed by atoms with van der Waals surface area (Å²) in [7, 11) is 2.09. The van der Waals surface area contributed by atoms with Crippen LogP contribution in [0.15, 0.2) is 60.7 Å². The maximum absolute atomic E-state index is 11.5. The van der Waals surface area contributed by atoms with Gasteiger partial charge in [-0.05, 0) is 24.7 Å². The molecule has 0 amide bonds. The molecule has 0 radical (unpaired) electrons. The van der Waals surface area contributed by atoms with Crippen LogP contribution in [0.3, 0.4) is 0 Å². The first-order valence-electron chi connectivity index (χ1n) is 7.61. The molecule has 0 spiro atoms. The SMILES string of the molecule is CCN(C)CC(C)C(O)(c1ccccc1)c1ccccc1. The molecule has 1 N–H and O–H groups in total. The lowest BCUT2D eigenvalue weighted by molar-refractivity contribution is 0.0113. The molecule has 0 saturated heterocycles. The summed E-state index contributed by atoms with van der Waals surface area (Å²) in [4.78, 5) is 2.24.